The summed E-state index contributed by atoms with van der Waals surface area (Å²) in [6.07, 6.45) is 2.21. The number of nitrogens with one attached hydrogen (secondary N) is 1. The highest BCUT2D eigenvalue weighted by Gasteiger charge is 2.17. The molecule has 0 saturated heterocycles. The minimum Gasteiger partial charge on any atom is -0.360 e. The summed E-state index contributed by atoms with van der Waals surface area (Å²) in [5.41, 5.74) is 7.49. The molecule has 80 valence electrons. The number of rotatable bonds is 6. The van der Waals surface area contributed by atoms with Crippen LogP contribution in [0.5, 0.6) is 0 Å². The minimum atomic E-state index is 0.269. The largest absolute Gasteiger partial charge is 0.360 e. The number of nitrogens with zero attached hydrogens (tertiary/aromatic N) is 2. The summed E-state index contributed by atoms with van der Waals surface area (Å²) >= 11 is 1.53. The molecule has 1 aromatic rings. The maximum absolute atomic E-state index is 5.49. The van der Waals surface area contributed by atoms with Gasteiger partial charge in [-0.3, -0.25) is 0 Å². The molecule has 0 aromatic carbocycles. The van der Waals surface area contributed by atoms with E-state index in [-0.39, 0.29) is 5.41 Å². The zero-order chi connectivity index (χ0) is 10.4. The molecule has 0 amide bonds. The summed E-state index contributed by atoms with van der Waals surface area (Å²) in [6.45, 7) is 6.15. The van der Waals surface area contributed by atoms with Gasteiger partial charge in [0.2, 0.25) is 5.13 Å². The molecule has 0 aliphatic heterocycles. The lowest BCUT2D eigenvalue weighted by atomic mass is 9.88. The van der Waals surface area contributed by atoms with Gasteiger partial charge in [-0.2, -0.15) is 0 Å². The summed E-state index contributed by atoms with van der Waals surface area (Å²) in [7, 11) is 0. The van der Waals surface area contributed by atoms with Crippen molar-refractivity contribution in [3.8, 4) is 0 Å². The van der Waals surface area contributed by atoms with E-state index in [1.165, 1.54) is 11.3 Å². The van der Waals surface area contributed by atoms with E-state index in [0.29, 0.717) is 0 Å². The van der Waals surface area contributed by atoms with Gasteiger partial charge in [0.05, 0.1) is 0 Å². The van der Waals surface area contributed by atoms with Crippen molar-refractivity contribution < 1.29 is 0 Å². The highest BCUT2D eigenvalue weighted by Crippen LogP contribution is 2.22. The third-order valence-electron chi connectivity index (χ3n) is 2.14. The van der Waals surface area contributed by atoms with Crippen molar-refractivity contribution in [3.63, 3.8) is 0 Å². The van der Waals surface area contributed by atoms with E-state index >= 15 is 0 Å². The maximum atomic E-state index is 5.49. The number of aromatic nitrogens is 2. The number of hydrogen-bond donors (Lipinski definition) is 2. The third-order valence-corrected chi connectivity index (χ3v) is 2.78. The Kier molecular flexibility index (Phi) is 4.28. The van der Waals surface area contributed by atoms with E-state index < -0.39 is 0 Å². The van der Waals surface area contributed by atoms with E-state index in [1.54, 1.807) is 5.51 Å². The van der Waals surface area contributed by atoms with Gasteiger partial charge in [0.1, 0.15) is 5.51 Å². The average Bonchev–Trinajstić information content (AvgIpc) is 2.64. The molecule has 0 saturated carbocycles. The Labute approximate surface area is 88.9 Å². The lowest BCUT2D eigenvalue weighted by Gasteiger charge is -2.24. The zero-order valence-corrected chi connectivity index (χ0v) is 9.60. The summed E-state index contributed by atoms with van der Waals surface area (Å²) in [5, 5.41) is 11.9. The Morgan fingerprint density at radius 3 is 2.93 bits per heavy atom. The predicted octanol–water partition coefficient (Wildman–Crippen LogP) is 1.72. The Hall–Kier alpha value is -0.680. The summed E-state index contributed by atoms with van der Waals surface area (Å²) in [6, 6.07) is 0. The van der Waals surface area contributed by atoms with Crippen molar-refractivity contribution in [3.05, 3.63) is 5.51 Å². The van der Waals surface area contributed by atoms with Gasteiger partial charge in [0.25, 0.3) is 0 Å². The van der Waals surface area contributed by atoms with Gasteiger partial charge >= 0.3 is 0 Å². The Morgan fingerprint density at radius 2 is 2.36 bits per heavy atom. The van der Waals surface area contributed by atoms with E-state index in [2.05, 4.69) is 29.4 Å². The zero-order valence-electron chi connectivity index (χ0n) is 8.79. The molecule has 4 nitrogen and oxygen atoms in total. The van der Waals surface area contributed by atoms with Crippen LogP contribution in [-0.2, 0) is 0 Å². The van der Waals surface area contributed by atoms with Gasteiger partial charge in [-0.1, -0.05) is 25.2 Å². The monoisotopic (exact) mass is 214 g/mol. The molecule has 0 aliphatic carbocycles. The standard InChI is InChI=1S/C9H18N4S/c1-9(2,4-3-5-10)6-11-8-13-12-7-14-8/h7H,3-6,10H2,1-2H3,(H,11,13). The molecule has 1 heterocycles. The fourth-order valence-corrected chi connectivity index (χ4v) is 1.68. The quantitative estimate of drug-likeness (QED) is 0.756. The minimum absolute atomic E-state index is 0.269. The van der Waals surface area contributed by atoms with Crippen molar-refractivity contribution in [2.24, 2.45) is 11.1 Å². The van der Waals surface area contributed by atoms with Crippen molar-refractivity contribution >= 4 is 16.5 Å². The molecule has 0 radical (unpaired) electrons. The lowest BCUT2D eigenvalue weighted by molar-refractivity contribution is 0.350. The molecule has 0 bridgehead atoms. The van der Waals surface area contributed by atoms with Crippen LogP contribution in [0, 0.1) is 5.41 Å². The highest BCUT2D eigenvalue weighted by atomic mass is 32.1. The second kappa shape index (κ2) is 5.26. The number of nitrogens with two attached hydrogens (primary N) is 1. The molecule has 0 atom stereocenters. The van der Waals surface area contributed by atoms with Crippen molar-refractivity contribution in [1.29, 1.82) is 0 Å². The van der Waals surface area contributed by atoms with Crippen LogP contribution in [0.15, 0.2) is 5.51 Å². The second-order valence-corrected chi connectivity index (χ2v) is 4.99. The molecule has 1 rings (SSSR count). The molecule has 1 aromatic heterocycles. The van der Waals surface area contributed by atoms with Gasteiger partial charge in [0, 0.05) is 6.54 Å². The summed E-state index contributed by atoms with van der Waals surface area (Å²) < 4.78 is 0. The van der Waals surface area contributed by atoms with Crippen LogP contribution < -0.4 is 11.1 Å². The van der Waals surface area contributed by atoms with Gasteiger partial charge in [-0.25, -0.2) is 0 Å². The highest BCUT2D eigenvalue weighted by molar-refractivity contribution is 7.13. The average molecular weight is 214 g/mol. The van der Waals surface area contributed by atoms with Gasteiger partial charge in [-0.05, 0) is 24.8 Å². The van der Waals surface area contributed by atoms with E-state index in [9.17, 15) is 0 Å². The van der Waals surface area contributed by atoms with Crippen LogP contribution in [0.1, 0.15) is 26.7 Å². The Morgan fingerprint density at radius 1 is 1.57 bits per heavy atom. The summed E-state index contributed by atoms with van der Waals surface area (Å²) in [4.78, 5) is 0. The van der Waals surface area contributed by atoms with Crippen molar-refractivity contribution in [1.82, 2.24) is 10.2 Å². The fourth-order valence-electron chi connectivity index (χ4n) is 1.23. The van der Waals surface area contributed by atoms with Crippen molar-refractivity contribution in [2.75, 3.05) is 18.4 Å². The molecule has 5 heteroatoms. The normalized spacial score (nSPS) is 11.6. The van der Waals surface area contributed by atoms with Crippen LogP contribution >= 0.6 is 11.3 Å². The first kappa shape index (κ1) is 11.4. The van der Waals surface area contributed by atoms with Crippen molar-refractivity contribution in [2.45, 2.75) is 26.7 Å². The molecular formula is C9H18N4S. The SMILES string of the molecule is CC(C)(CCCN)CNc1nncs1. The first-order chi connectivity index (χ1) is 6.64. The Bertz CT molecular complexity index is 245. The molecule has 0 aliphatic rings. The molecule has 0 fully saturated rings. The maximum Gasteiger partial charge on any atom is 0.205 e. The first-order valence-corrected chi connectivity index (χ1v) is 5.72. The first-order valence-electron chi connectivity index (χ1n) is 4.84. The molecule has 0 spiro atoms. The summed E-state index contributed by atoms with van der Waals surface area (Å²) in [5.74, 6) is 0. The van der Waals surface area contributed by atoms with Crippen LogP contribution in [-0.4, -0.2) is 23.3 Å². The Balaban J connectivity index is 2.28. The van der Waals surface area contributed by atoms with Crippen LogP contribution in [0.25, 0.3) is 0 Å². The molecule has 14 heavy (non-hydrogen) atoms. The van der Waals surface area contributed by atoms with Gasteiger partial charge < -0.3 is 11.1 Å². The predicted molar refractivity (Wildman–Crippen MR) is 60.5 cm³/mol. The van der Waals surface area contributed by atoms with E-state index in [4.69, 9.17) is 5.73 Å². The molecule has 3 N–H and O–H groups in total. The molecular weight excluding hydrogens is 196 g/mol. The van der Waals surface area contributed by atoms with E-state index in [0.717, 1.165) is 31.1 Å². The molecule has 0 unspecified atom stereocenters. The van der Waals surface area contributed by atoms with Crippen LogP contribution in [0.4, 0.5) is 5.13 Å². The van der Waals surface area contributed by atoms with Gasteiger partial charge in [0.15, 0.2) is 0 Å². The smallest absolute Gasteiger partial charge is 0.205 e. The van der Waals surface area contributed by atoms with Crippen LogP contribution in [0.3, 0.4) is 0 Å². The lowest BCUT2D eigenvalue weighted by Crippen LogP contribution is -2.24. The number of anilines is 1. The van der Waals surface area contributed by atoms with E-state index in [1.807, 2.05) is 0 Å². The fraction of sp³-hybridized carbons (Fsp3) is 0.778. The number of hydrogen-bond acceptors (Lipinski definition) is 5. The van der Waals surface area contributed by atoms with Gasteiger partial charge in [-0.15, -0.1) is 10.2 Å². The second-order valence-electron chi connectivity index (χ2n) is 4.15. The van der Waals surface area contributed by atoms with Crippen LogP contribution in [0.2, 0.25) is 0 Å². The third kappa shape index (κ3) is 4.02. The topological polar surface area (TPSA) is 63.8 Å².